The molecule has 2 aliphatic rings. The van der Waals surface area contributed by atoms with E-state index >= 15 is 0 Å². The third-order valence-electron chi connectivity index (χ3n) is 4.13. The SMILES string of the molecule is Fc1c(C#CC2CC2)ccc2c1cnn2C1CCCCO1. The van der Waals surface area contributed by atoms with Crippen molar-refractivity contribution in [2.24, 2.45) is 5.92 Å². The zero-order valence-corrected chi connectivity index (χ0v) is 11.8. The van der Waals surface area contributed by atoms with Crippen LogP contribution in [0.2, 0.25) is 0 Å². The van der Waals surface area contributed by atoms with Gasteiger partial charge in [0.25, 0.3) is 0 Å². The summed E-state index contributed by atoms with van der Waals surface area (Å²) in [6.45, 7) is 0.749. The molecular formula is C17H17FN2O. The summed E-state index contributed by atoms with van der Waals surface area (Å²) in [5.41, 5.74) is 1.26. The maximum atomic E-state index is 14.5. The highest BCUT2D eigenvalue weighted by molar-refractivity contribution is 5.81. The average Bonchev–Trinajstić information content (AvgIpc) is 3.25. The van der Waals surface area contributed by atoms with Crippen LogP contribution in [0.15, 0.2) is 18.3 Å². The van der Waals surface area contributed by atoms with Gasteiger partial charge in [-0.3, -0.25) is 0 Å². The molecule has 2 aromatic rings. The molecule has 4 heteroatoms. The Kier molecular flexibility index (Phi) is 3.16. The second kappa shape index (κ2) is 5.16. The topological polar surface area (TPSA) is 27.1 Å². The largest absolute Gasteiger partial charge is 0.356 e. The Balaban J connectivity index is 1.72. The van der Waals surface area contributed by atoms with Crippen molar-refractivity contribution in [2.75, 3.05) is 6.61 Å². The molecule has 1 atom stereocenters. The zero-order chi connectivity index (χ0) is 14.2. The molecule has 0 bridgehead atoms. The van der Waals surface area contributed by atoms with Crippen LogP contribution in [0, 0.1) is 23.6 Å². The van der Waals surface area contributed by atoms with Gasteiger partial charge in [0.05, 0.1) is 22.7 Å². The van der Waals surface area contributed by atoms with Crippen molar-refractivity contribution in [3.63, 3.8) is 0 Å². The molecule has 1 saturated heterocycles. The lowest BCUT2D eigenvalue weighted by atomic mass is 10.1. The predicted octanol–water partition coefficient (Wildman–Crippen LogP) is 3.64. The summed E-state index contributed by atoms with van der Waals surface area (Å²) in [6, 6.07) is 3.66. The third kappa shape index (κ3) is 2.43. The molecule has 3 nitrogen and oxygen atoms in total. The molecule has 4 rings (SSSR count). The standard InChI is InChI=1S/C17H17FN2O/c18-17-13(7-6-12-4-5-12)8-9-15-14(17)11-19-20(15)16-3-1-2-10-21-16/h8-9,11-12,16H,1-5,10H2. The molecule has 1 aliphatic heterocycles. The Bertz CT molecular complexity index is 730. The Labute approximate surface area is 123 Å². The zero-order valence-electron chi connectivity index (χ0n) is 11.8. The molecule has 108 valence electrons. The fourth-order valence-electron chi connectivity index (χ4n) is 2.74. The summed E-state index contributed by atoms with van der Waals surface area (Å²) in [4.78, 5) is 0. The van der Waals surface area contributed by atoms with Crippen LogP contribution in [0.3, 0.4) is 0 Å². The quantitative estimate of drug-likeness (QED) is 0.748. The number of benzene rings is 1. The molecule has 1 aromatic carbocycles. The van der Waals surface area contributed by atoms with Gasteiger partial charge >= 0.3 is 0 Å². The minimum atomic E-state index is -0.261. The van der Waals surface area contributed by atoms with Gasteiger partial charge < -0.3 is 4.74 Å². The highest BCUT2D eigenvalue weighted by Crippen LogP contribution is 2.29. The van der Waals surface area contributed by atoms with Gasteiger partial charge in [0.1, 0.15) is 5.82 Å². The average molecular weight is 284 g/mol. The van der Waals surface area contributed by atoms with Gasteiger partial charge in [-0.1, -0.05) is 11.8 Å². The molecule has 0 spiro atoms. The van der Waals surface area contributed by atoms with E-state index in [1.54, 1.807) is 16.9 Å². The summed E-state index contributed by atoms with van der Waals surface area (Å²) < 4.78 is 22.1. The lowest BCUT2D eigenvalue weighted by Crippen LogP contribution is -2.18. The van der Waals surface area contributed by atoms with Crippen molar-refractivity contribution < 1.29 is 9.13 Å². The van der Waals surface area contributed by atoms with E-state index < -0.39 is 0 Å². The molecule has 0 amide bonds. The summed E-state index contributed by atoms with van der Waals surface area (Å²) in [6.07, 6.45) is 6.96. The van der Waals surface area contributed by atoms with Crippen LogP contribution in [-0.2, 0) is 4.74 Å². The van der Waals surface area contributed by atoms with Crippen molar-refractivity contribution in [3.05, 3.63) is 29.7 Å². The van der Waals surface area contributed by atoms with E-state index in [0.717, 1.165) is 44.2 Å². The maximum Gasteiger partial charge on any atom is 0.150 e. The number of hydrogen-bond donors (Lipinski definition) is 0. The first-order valence-corrected chi connectivity index (χ1v) is 7.62. The summed E-state index contributed by atoms with van der Waals surface area (Å²) in [5.74, 6) is 6.28. The normalized spacial score (nSPS) is 22.0. The van der Waals surface area contributed by atoms with Crippen LogP contribution < -0.4 is 0 Å². The third-order valence-corrected chi connectivity index (χ3v) is 4.13. The van der Waals surface area contributed by atoms with Crippen molar-refractivity contribution >= 4 is 10.9 Å². The van der Waals surface area contributed by atoms with Gasteiger partial charge in [-0.25, -0.2) is 9.07 Å². The van der Waals surface area contributed by atoms with Crippen LogP contribution in [0.25, 0.3) is 10.9 Å². The molecule has 2 fully saturated rings. The highest BCUT2D eigenvalue weighted by atomic mass is 19.1. The number of nitrogens with zero attached hydrogens (tertiary/aromatic N) is 2. The van der Waals surface area contributed by atoms with E-state index in [1.165, 1.54) is 0 Å². The van der Waals surface area contributed by atoms with Crippen LogP contribution in [-0.4, -0.2) is 16.4 Å². The van der Waals surface area contributed by atoms with Crippen LogP contribution in [0.4, 0.5) is 4.39 Å². The van der Waals surface area contributed by atoms with E-state index in [-0.39, 0.29) is 12.0 Å². The highest BCUT2D eigenvalue weighted by Gasteiger charge is 2.21. The second-order valence-corrected chi connectivity index (χ2v) is 5.81. The fraction of sp³-hybridized carbons (Fsp3) is 0.471. The molecule has 2 heterocycles. The summed E-state index contributed by atoms with van der Waals surface area (Å²) in [5, 5.41) is 4.87. The first-order chi connectivity index (χ1) is 10.3. The Morgan fingerprint density at radius 3 is 2.90 bits per heavy atom. The molecule has 21 heavy (non-hydrogen) atoms. The van der Waals surface area contributed by atoms with Crippen LogP contribution in [0.1, 0.15) is 43.9 Å². The Hall–Kier alpha value is -1.86. The van der Waals surface area contributed by atoms with Gasteiger partial charge in [0.15, 0.2) is 6.23 Å². The molecule has 1 saturated carbocycles. The van der Waals surface area contributed by atoms with Crippen LogP contribution in [0.5, 0.6) is 0 Å². The maximum absolute atomic E-state index is 14.5. The predicted molar refractivity (Wildman–Crippen MR) is 78.1 cm³/mol. The Morgan fingerprint density at radius 2 is 2.14 bits per heavy atom. The van der Waals surface area contributed by atoms with Crippen LogP contribution >= 0.6 is 0 Å². The smallest absolute Gasteiger partial charge is 0.150 e. The molecule has 0 radical (unpaired) electrons. The number of ether oxygens (including phenoxy) is 1. The number of fused-ring (bicyclic) bond motifs is 1. The number of rotatable bonds is 1. The van der Waals surface area contributed by atoms with Gasteiger partial charge in [-0.15, -0.1) is 0 Å². The number of halogens is 1. The second-order valence-electron chi connectivity index (χ2n) is 5.81. The molecule has 1 aromatic heterocycles. The first-order valence-electron chi connectivity index (χ1n) is 7.62. The van der Waals surface area contributed by atoms with Crippen molar-refractivity contribution in [3.8, 4) is 11.8 Å². The van der Waals surface area contributed by atoms with Gasteiger partial charge in [0, 0.05) is 12.5 Å². The lowest BCUT2D eigenvalue weighted by Gasteiger charge is -2.23. The van der Waals surface area contributed by atoms with E-state index in [4.69, 9.17) is 4.74 Å². The summed E-state index contributed by atoms with van der Waals surface area (Å²) >= 11 is 0. The van der Waals surface area contributed by atoms with E-state index in [0.29, 0.717) is 16.9 Å². The lowest BCUT2D eigenvalue weighted by molar-refractivity contribution is -0.0366. The fourth-order valence-corrected chi connectivity index (χ4v) is 2.74. The van der Waals surface area contributed by atoms with Gasteiger partial charge in [0.2, 0.25) is 0 Å². The van der Waals surface area contributed by atoms with E-state index in [1.807, 2.05) is 6.07 Å². The number of hydrogen-bond acceptors (Lipinski definition) is 2. The minimum absolute atomic E-state index is 0.0703. The van der Waals surface area contributed by atoms with Crippen molar-refractivity contribution in [2.45, 2.75) is 38.3 Å². The Morgan fingerprint density at radius 1 is 1.24 bits per heavy atom. The van der Waals surface area contributed by atoms with E-state index in [9.17, 15) is 4.39 Å². The van der Waals surface area contributed by atoms with Gasteiger partial charge in [-0.2, -0.15) is 5.10 Å². The first kappa shape index (κ1) is 12.8. The minimum Gasteiger partial charge on any atom is -0.356 e. The number of aromatic nitrogens is 2. The van der Waals surface area contributed by atoms with E-state index in [2.05, 4.69) is 16.9 Å². The van der Waals surface area contributed by atoms with Gasteiger partial charge in [-0.05, 0) is 44.2 Å². The van der Waals surface area contributed by atoms with Crippen molar-refractivity contribution in [1.29, 1.82) is 0 Å². The molecule has 0 N–H and O–H groups in total. The monoisotopic (exact) mass is 284 g/mol. The molecule has 1 unspecified atom stereocenters. The summed E-state index contributed by atoms with van der Waals surface area (Å²) in [7, 11) is 0. The molecular weight excluding hydrogens is 267 g/mol. The molecule has 1 aliphatic carbocycles. The van der Waals surface area contributed by atoms with Crippen molar-refractivity contribution in [1.82, 2.24) is 9.78 Å².